The molecule has 126 valence electrons. The van der Waals surface area contributed by atoms with Crippen molar-refractivity contribution in [3.05, 3.63) is 76.2 Å². The van der Waals surface area contributed by atoms with Crippen LogP contribution < -0.4 is 5.43 Å². The fourth-order valence-electron chi connectivity index (χ4n) is 1.94. The quantitative estimate of drug-likeness (QED) is 0.485. The number of aryl methyl sites for hydroxylation is 1. The predicted molar refractivity (Wildman–Crippen MR) is 101 cm³/mol. The minimum absolute atomic E-state index is 0.307. The van der Waals surface area contributed by atoms with Crippen molar-refractivity contribution in [3.8, 4) is 0 Å². The second-order valence-corrected chi connectivity index (χ2v) is 7.03. The summed E-state index contributed by atoms with van der Waals surface area (Å²) >= 11 is 4.99. The normalized spacial score (nSPS) is 11.0. The molecule has 5 nitrogen and oxygen atoms in total. The van der Waals surface area contributed by atoms with E-state index in [-0.39, 0.29) is 5.91 Å². The molecule has 2 aromatic heterocycles. The highest BCUT2D eigenvalue weighted by Gasteiger charge is 2.10. The third kappa shape index (κ3) is 4.80. The van der Waals surface area contributed by atoms with Crippen LogP contribution in [0.4, 0.5) is 0 Å². The van der Waals surface area contributed by atoms with Gasteiger partial charge in [0, 0.05) is 28.9 Å². The van der Waals surface area contributed by atoms with E-state index in [1.54, 1.807) is 30.6 Å². The van der Waals surface area contributed by atoms with Crippen molar-refractivity contribution in [2.24, 2.45) is 5.10 Å². The van der Waals surface area contributed by atoms with E-state index in [1.807, 2.05) is 19.1 Å². The fraction of sp³-hybridized carbons (Fsp3) is 0.0556. The van der Waals surface area contributed by atoms with E-state index >= 15 is 0 Å². The second-order valence-electron chi connectivity index (χ2n) is 5.13. The first-order valence-corrected chi connectivity index (χ1v) is 9.00. The number of hydrogen-bond donors (Lipinski definition) is 1. The summed E-state index contributed by atoms with van der Waals surface area (Å²) in [6, 6.07) is 13.2. The number of pyridine rings is 1. The SMILES string of the molecule is Cc1ccc(Sc2oc(/C=N\NC(=O)c3ccncc3)cc2Br)cc1. The molecule has 0 aliphatic carbocycles. The zero-order chi connectivity index (χ0) is 17.6. The highest BCUT2D eigenvalue weighted by molar-refractivity contribution is 9.10. The lowest BCUT2D eigenvalue weighted by Crippen LogP contribution is -2.17. The Morgan fingerprint density at radius 3 is 2.68 bits per heavy atom. The molecule has 0 unspecified atom stereocenters. The van der Waals surface area contributed by atoms with Crippen molar-refractivity contribution >= 4 is 39.8 Å². The lowest BCUT2D eigenvalue weighted by Gasteiger charge is -1.99. The monoisotopic (exact) mass is 415 g/mol. The van der Waals surface area contributed by atoms with Gasteiger partial charge in [0.2, 0.25) is 0 Å². The largest absolute Gasteiger partial charge is 0.447 e. The van der Waals surface area contributed by atoms with Crippen LogP contribution in [0.15, 0.2) is 78.8 Å². The first-order chi connectivity index (χ1) is 12.1. The predicted octanol–water partition coefficient (Wildman–Crippen LogP) is 4.66. The van der Waals surface area contributed by atoms with Crippen molar-refractivity contribution in [1.82, 2.24) is 10.4 Å². The smallest absolute Gasteiger partial charge is 0.271 e. The molecule has 1 amide bonds. The summed E-state index contributed by atoms with van der Waals surface area (Å²) in [6.07, 6.45) is 4.57. The van der Waals surface area contributed by atoms with Gasteiger partial charge in [0.05, 0.1) is 10.7 Å². The molecule has 0 atom stereocenters. The van der Waals surface area contributed by atoms with Gasteiger partial charge in [-0.05, 0) is 47.1 Å². The maximum absolute atomic E-state index is 11.9. The molecular formula is C18H14BrN3O2S. The van der Waals surface area contributed by atoms with Crippen LogP contribution in [0.5, 0.6) is 0 Å². The van der Waals surface area contributed by atoms with Gasteiger partial charge in [-0.3, -0.25) is 9.78 Å². The molecule has 0 saturated heterocycles. The third-order valence-corrected chi connectivity index (χ3v) is 5.05. The number of rotatable bonds is 5. The van der Waals surface area contributed by atoms with Crippen LogP contribution in [0.1, 0.15) is 21.7 Å². The van der Waals surface area contributed by atoms with Crippen LogP contribution in [0.25, 0.3) is 0 Å². The van der Waals surface area contributed by atoms with E-state index in [2.05, 4.69) is 43.6 Å². The Morgan fingerprint density at radius 1 is 1.24 bits per heavy atom. The van der Waals surface area contributed by atoms with Crippen molar-refractivity contribution < 1.29 is 9.21 Å². The molecule has 0 radical (unpaired) electrons. The Balaban J connectivity index is 1.64. The summed E-state index contributed by atoms with van der Waals surface area (Å²) in [5.41, 5.74) is 4.15. The highest BCUT2D eigenvalue weighted by Crippen LogP contribution is 2.35. The van der Waals surface area contributed by atoms with Crippen LogP contribution in [0.2, 0.25) is 0 Å². The first kappa shape index (κ1) is 17.4. The van der Waals surface area contributed by atoms with E-state index < -0.39 is 0 Å². The van der Waals surface area contributed by atoms with Crippen LogP contribution in [-0.2, 0) is 0 Å². The van der Waals surface area contributed by atoms with Crippen molar-refractivity contribution in [3.63, 3.8) is 0 Å². The van der Waals surface area contributed by atoms with E-state index in [4.69, 9.17) is 4.42 Å². The number of carbonyl (C=O) groups excluding carboxylic acids is 1. The molecule has 0 aliphatic rings. The zero-order valence-corrected chi connectivity index (χ0v) is 15.7. The number of amides is 1. The molecule has 0 bridgehead atoms. The number of nitrogens with one attached hydrogen (secondary N) is 1. The van der Waals surface area contributed by atoms with Gasteiger partial charge in [-0.2, -0.15) is 5.10 Å². The van der Waals surface area contributed by atoms with E-state index in [9.17, 15) is 4.79 Å². The summed E-state index contributed by atoms with van der Waals surface area (Å²) in [6.45, 7) is 2.05. The lowest BCUT2D eigenvalue weighted by molar-refractivity contribution is 0.0955. The molecule has 7 heteroatoms. The van der Waals surface area contributed by atoms with Gasteiger partial charge in [-0.15, -0.1) is 0 Å². The number of benzene rings is 1. The van der Waals surface area contributed by atoms with Crippen molar-refractivity contribution in [2.45, 2.75) is 16.9 Å². The summed E-state index contributed by atoms with van der Waals surface area (Å²) in [5, 5.41) is 4.65. The number of halogens is 1. The Hall–Kier alpha value is -2.38. The Labute approximate surface area is 157 Å². The molecule has 3 aromatic rings. The van der Waals surface area contributed by atoms with Gasteiger partial charge in [0.25, 0.3) is 5.91 Å². The van der Waals surface area contributed by atoms with Gasteiger partial charge in [-0.1, -0.05) is 29.5 Å². The maximum atomic E-state index is 11.9. The van der Waals surface area contributed by atoms with Gasteiger partial charge in [-0.25, -0.2) is 5.43 Å². The topological polar surface area (TPSA) is 67.5 Å². The zero-order valence-electron chi connectivity index (χ0n) is 13.3. The summed E-state index contributed by atoms with van der Waals surface area (Å²) in [5.74, 6) is 0.232. The highest BCUT2D eigenvalue weighted by atomic mass is 79.9. The molecule has 3 rings (SSSR count). The van der Waals surface area contributed by atoms with Crippen LogP contribution in [-0.4, -0.2) is 17.1 Å². The van der Waals surface area contributed by atoms with Crippen LogP contribution >= 0.6 is 27.7 Å². The maximum Gasteiger partial charge on any atom is 0.271 e. The van der Waals surface area contributed by atoms with E-state index in [1.165, 1.54) is 23.5 Å². The summed E-state index contributed by atoms with van der Waals surface area (Å²) < 4.78 is 6.57. The lowest BCUT2D eigenvalue weighted by atomic mass is 10.2. The Bertz CT molecular complexity index is 892. The van der Waals surface area contributed by atoms with Gasteiger partial charge in [0.1, 0.15) is 5.76 Å². The van der Waals surface area contributed by atoms with E-state index in [0.717, 1.165) is 14.5 Å². The van der Waals surface area contributed by atoms with Crippen LogP contribution in [0.3, 0.4) is 0 Å². The first-order valence-electron chi connectivity index (χ1n) is 7.39. The third-order valence-electron chi connectivity index (χ3n) is 3.21. The molecule has 0 saturated carbocycles. The Morgan fingerprint density at radius 2 is 1.96 bits per heavy atom. The van der Waals surface area contributed by atoms with Crippen LogP contribution in [0, 0.1) is 6.92 Å². The molecule has 25 heavy (non-hydrogen) atoms. The van der Waals surface area contributed by atoms with Crippen molar-refractivity contribution in [1.29, 1.82) is 0 Å². The fourth-order valence-corrected chi connectivity index (χ4v) is 3.27. The number of furan rings is 1. The average molecular weight is 416 g/mol. The van der Waals surface area contributed by atoms with Gasteiger partial charge < -0.3 is 4.42 Å². The Kier molecular flexibility index (Phi) is 5.67. The molecule has 2 heterocycles. The minimum atomic E-state index is -0.307. The molecular weight excluding hydrogens is 402 g/mol. The summed E-state index contributed by atoms with van der Waals surface area (Å²) in [7, 11) is 0. The number of nitrogens with zero attached hydrogens (tertiary/aromatic N) is 2. The molecule has 1 aromatic carbocycles. The average Bonchev–Trinajstić information content (AvgIpc) is 2.97. The van der Waals surface area contributed by atoms with Gasteiger partial charge in [0.15, 0.2) is 5.09 Å². The number of hydrogen-bond acceptors (Lipinski definition) is 5. The molecule has 0 spiro atoms. The molecule has 0 aliphatic heterocycles. The molecule has 1 N–H and O–H groups in total. The molecule has 0 fully saturated rings. The minimum Gasteiger partial charge on any atom is -0.447 e. The van der Waals surface area contributed by atoms with E-state index in [0.29, 0.717) is 11.3 Å². The standard InChI is InChI=1S/C18H14BrN3O2S/c1-12-2-4-15(5-3-12)25-18-16(19)10-14(24-18)11-21-22-17(23)13-6-8-20-9-7-13/h2-11H,1H3,(H,22,23)/b21-11-. The van der Waals surface area contributed by atoms with Crippen molar-refractivity contribution in [2.75, 3.05) is 0 Å². The number of aromatic nitrogens is 1. The second kappa shape index (κ2) is 8.13. The van der Waals surface area contributed by atoms with Gasteiger partial charge >= 0.3 is 0 Å². The summed E-state index contributed by atoms with van der Waals surface area (Å²) in [4.78, 5) is 16.8. The number of hydrazone groups is 1. The number of carbonyl (C=O) groups is 1.